The van der Waals surface area contributed by atoms with E-state index < -0.39 is 23.5 Å². The number of nitrogens with zero attached hydrogens (tertiary/aromatic N) is 2. The monoisotopic (exact) mass is 732 g/mol. The Bertz CT molecular complexity index is 2570. The Hall–Kier alpha value is -5.50. The second-order valence-electron chi connectivity index (χ2n) is 16.2. The minimum atomic E-state index is -4.77. The molecule has 8 heteroatoms. The number of rotatable bonds is 3. The number of halogens is 6. The van der Waals surface area contributed by atoms with E-state index in [1.54, 1.807) is 21.3 Å². The van der Waals surface area contributed by atoms with Crippen molar-refractivity contribution >= 4 is 43.6 Å². The van der Waals surface area contributed by atoms with Crippen molar-refractivity contribution in [1.82, 2.24) is 9.13 Å². The van der Waals surface area contributed by atoms with Crippen LogP contribution in [0.2, 0.25) is 0 Å². The molecule has 0 saturated carbocycles. The number of aromatic nitrogens is 2. The van der Waals surface area contributed by atoms with Crippen LogP contribution in [0, 0.1) is 0 Å². The number of hydrogen-bond acceptors (Lipinski definition) is 0. The smallest absolute Gasteiger partial charge is 0.309 e. The molecule has 0 aliphatic carbocycles. The van der Waals surface area contributed by atoms with Gasteiger partial charge in [-0.1, -0.05) is 90.1 Å². The Balaban J connectivity index is 1.41. The summed E-state index contributed by atoms with van der Waals surface area (Å²) in [5.41, 5.74) is 3.05. The van der Waals surface area contributed by atoms with Crippen LogP contribution >= 0.6 is 0 Å². The van der Waals surface area contributed by atoms with Crippen LogP contribution in [0.5, 0.6) is 0 Å². The summed E-state index contributed by atoms with van der Waals surface area (Å²) >= 11 is 0. The van der Waals surface area contributed by atoms with E-state index in [-0.39, 0.29) is 33.3 Å². The molecule has 0 amide bonds. The van der Waals surface area contributed by atoms with Crippen molar-refractivity contribution in [3.63, 3.8) is 0 Å². The molecule has 2 aromatic heterocycles. The first-order valence-corrected chi connectivity index (χ1v) is 17.8. The molecule has 0 N–H and O–H groups in total. The molecule has 0 spiro atoms. The van der Waals surface area contributed by atoms with Crippen LogP contribution in [0.25, 0.3) is 66.1 Å². The highest BCUT2D eigenvalue weighted by molar-refractivity contribution is 6.10. The normalized spacial score (nSPS) is 13.2. The van der Waals surface area contributed by atoms with E-state index in [4.69, 9.17) is 0 Å². The lowest BCUT2D eigenvalue weighted by atomic mass is 9.86. The highest BCUT2D eigenvalue weighted by Crippen LogP contribution is 2.43. The van der Waals surface area contributed by atoms with Crippen LogP contribution < -0.4 is 0 Å². The molecule has 2 nitrogen and oxygen atoms in total. The van der Waals surface area contributed by atoms with Gasteiger partial charge >= 0.3 is 12.4 Å². The van der Waals surface area contributed by atoms with Crippen molar-refractivity contribution < 1.29 is 26.3 Å². The molecule has 274 valence electrons. The molecule has 0 atom stereocenters. The summed E-state index contributed by atoms with van der Waals surface area (Å²) in [6.07, 6.45) is -9.55. The maximum atomic E-state index is 14.8. The van der Waals surface area contributed by atoms with Gasteiger partial charge in [0.05, 0.1) is 33.2 Å². The first kappa shape index (κ1) is 35.5. The number of hydrogen-bond donors (Lipinski definition) is 0. The van der Waals surface area contributed by atoms with E-state index in [9.17, 15) is 26.3 Å². The van der Waals surface area contributed by atoms with Gasteiger partial charge in [0, 0.05) is 32.9 Å². The lowest BCUT2D eigenvalue weighted by molar-refractivity contribution is -0.138. The average Bonchev–Trinajstić information content (AvgIpc) is 3.62. The second kappa shape index (κ2) is 12.0. The van der Waals surface area contributed by atoms with Gasteiger partial charge < -0.3 is 9.13 Å². The van der Waals surface area contributed by atoms with E-state index in [0.717, 1.165) is 56.9 Å². The fourth-order valence-electron chi connectivity index (χ4n) is 7.58. The first-order valence-electron chi connectivity index (χ1n) is 17.8. The van der Waals surface area contributed by atoms with Crippen LogP contribution in [-0.2, 0) is 23.2 Å². The number of benzene rings is 6. The highest BCUT2D eigenvalue weighted by Gasteiger charge is 2.34. The zero-order chi connectivity index (χ0) is 38.5. The molecular weight excluding hydrogens is 695 g/mol. The molecule has 0 saturated heterocycles. The van der Waals surface area contributed by atoms with Crippen LogP contribution in [0.1, 0.15) is 63.8 Å². The molecule has 8 rings (SSSR count). The maximum Gasteiger partial charge on any atom is 0.416 e. The topological polar surface area (TPSA) is 9.86 Å². The van der Waals surface area contributed by atoms with Gasteiger partial charge in [-0.25, -0.2) is 0 Å². The van der Waals surface area contributed by atoms with Gasteiger partial charge in [-0.15, -0.1) is 0 Å². The quantitative estimate of drug-likeness (QED) is 0.160. The van der Waals surface area contributed by atoms with E-state index >= 15 is 0 Å². The van der Waals surface area contributed by atoms with E-state index in [0.29, 0.717) is 22.1 Å². The largest absolute Gasteiger partial charge is 0.416 e. The van der Waals surface area contributed by atoms with Gasteiger partial charge in [-0.05, 0) is 106 Å². The molecule has 6 aromatic carbocycles. The third-order valence-electron chi connectivity index (χ3n) is 10.4. The van der Waals surface area contributed by atoms with Crippen molar-refractivity contribution in [1.29, 1.82) is 0 Å². The number of fused-ring (bicyclic) bond motifs is 6. The summed E-state index contributed by atoms with van der Waals surface area (Å²) in [4.78, 5) is 0. The van der Waals surface area contributed by atoms with Crippen molar-refractivity contribution in [3.8, 4) is 22.5 Å². The minimum absolute atomic E-state index is 0.0141. The lowest BCUT2D eigenvalue weighted by Crippen LogP contribution is -2.10. The van der Waals surface area contributed by atoms with Crippen LogP contribution in [0.4, 0.5) is 26.3 Å². The maximum absolute atomic E-state index is 14.8. The Labute approximate surface area is 309 Å². The van der Waals surface area contributed by atoms with Crippen molar-refractivity contribution in [2.75, 3.05) is 0 Å². The third kappa shape index (κ3) is 6.02. The minimum Gasteiger partial charge on any atom is -0.309 e. The molecule has 8 aromatic rings. The van der Waals surface area contributed by atoms with Crippen molar-refractivity contribution in [2.24, 2.45) is 0 Å². The Morgan fingerprint density at radius 2 is 0.704 bits per heavy atom. The summed E-state index contributed by atoms with van der Waals surface area (Å²) in [7, 11) is 0. The van der Waals surface area contributed by atoms with Crippen LogP contribution in [-0.4, -0.2) is 9.13 Å². The molecule has 54 heavy (non-hydrogen) atoms. The molecule has 0 radical (unpaired) electrons. The highest BCUT2D eigenvalue weighted by atomic mass is 19.4. The standard InChI is InChI=1S/C46H38F6N2/c1-43(2,3)29-15-17-41-37(25-29)35-11-7-9-13-39(35)53(41)33-21-27(19-31(23-33)45(47,48)49)28-20-32(46(50,51)52)24-34(22-28)54-40-14-10-8-12-36(40)38-26-30(44(4,5)6)16-18-42(38)54/h7-26H,1-6H3. The Morgan fingerprint density at radius 1 is 0.352 bits per heavy atom. The lowest BCUT2D eigenvalue weighted by Gasteiger charge is -2.20. The van der Waals surface area contributed by atoms with Gasteiger partial charge in [0.15, 0.2) is 0 Å². The summed E-state index contributed by atoms with van der Waals surface area (Å²) in [5.74, 6) is 0. The van der Waals surface area contributed by atoms with Crippen molar-refractivity contribution in [3.05, 3.63) is 144 Å². The molecular formula is C46H38F6N2. The molecule has 0 fully saturated rings. The summed E-state index contributed by atoms with van der Waals surface area (Å²) < 4.78 is 92.1. The van der Waals surface area contributed by atoms with E-state index in [1.807, 2.05) is 72.8 Å². The van der Waals surface area contributed by atoms with Crippen LogP contribution in [0.3, 0.4) is 0 Å². The first-order chi connectivity index (χ1) is 25.3. The SMILES string of the molecule is CC(C)(C)c1ccc2c(c1)c1ccccc1n2-c1cc(-c2cc(-n3c4ccccc4c4cc(C(C)(C)C)ccc43)cc(C(F)(F)F)c2)cc(C(F)(F)F)c1. The van der Waals surface area contributed by atoms with E-state index in [1.165, 1.54) is 0 Å². The molecule has 2 heterocycles. The fraction of sp³-hybridized carbons (Fsp3) is 0.217. The summed E-state index contributed by atoms with van der Waals surface area (Å²) in [6.45, 7) is 12.6. The Kier molecular flexibility index (Phi) is 7.90. The summed E-state index contributed by atoms with van der Waals surface area (Å²) in [6, 6.07) is 34.0. The van der Waals surface area contributed by atoms with Gasteiger partial charge in [-0.2, -0.15) is 26.3 Å². The second-order valence-corrected chi connectivity index (χ2v) is 16.2. The zero-order valence-corrected chi connectivity index (χ0v) is 30.7. The predicted molar refractivity (Wildman–Crippen MR) is 208 cm³/mol. The molecule has 0 aliphatic rings. The Morgan fingerprint density at radius 3 is 1.06 bits per heavy atom. The van der Waals surface area contributed by atoms with Gasteiger partial charge in [0.25, 0.3) is 0 Å². The number of para-hydroxylation sites is 2. The summed E-state index contributed by atoms with van der Waals surface area (Å²) in [5, 5.41) is 3.47. The van der Waals surface area contributed by atoms with Gasteiger partial charge in [0.1, 0.15) is 0 Å². The van der Waals surface area contributed by atoms with Gasteiger partial charge in [0.2, 0.25) is 0 Å². The zero-order valence-electron chi connectivity index (χ0n) is 30.7. The number of alkyl halides is 6. The van der Waals surface area contributed by atoms with Gasteiger partial charge in [-0.3, -0.25) is 0 Å². The van der Waals surface area contributed by atoms with Crippen molar-refractivity contribution in [2.45, 2.75) is 64.7 Å². The predicted octanol–water partition coefficient (Wildman–Crippen LogP) is 14.2. The molecule has 0 aliphatic heterocycles. The molecule has 0 bridgehead atoms. The third-order valence-corrected chi connectivity index (χ3v) is 10.4. The fourth-order valence-corrected chi connectivity index (χ4v) is 7.58. The van der Waals surface area contributed by atoms with E-state index in [2.05, 4.69) is 53.7 Å². The molecule has 0 unspecified atom stereocenters. The average molecular weight is 733 g/mol. The van der Waals surface area contributed by atoms with Crippen LogP contribution in [0.15, 0.2) is 121 Å².